The molecule has 1 aromatic heterocycles. The minimum atomic E-state index is 0.744. The van der Waals surface area contributed by atoms with Crippen LogP contribution in [0.3, 0.4) is 0 Å². The summed E-state index contributed by atoms with van der Waals surface area (Å²) in [7, 11) is 0. The molecule has 72 valence electrons. The molecule has 0 aliphatic rings. The second kappa shape index (κ2) is 4.09. The van der Waals surface area contributed by atoms with Crippen LogP contribution in [-0.4, -0.2) is 4.98 Å². The zero-order valence-electron chi connectivity index (χ0n) is 8.23. The van der Waals surface area contributed by atoms with Crippen molar-refractivity contribution in [3.63, 3.8) is 0 Å². The molecule has 2 nitrogen and oxygen atoms in total. The maximum absolute atomic E-state index is 5.14. The largest absolute Gasteiger partial charge is 0.449 e. The van der Waals surface area contributed by atoms with Gasteiger partial charge < -0.3 is 4.42 Å². The van der Waals surface area contributed by atoms with Crippen LogP contribution in [0, 0.1) is 6.92 Å². The molecule has 0 fully saturated rings. The van der Waals surface area contributed by atoms with E-state index < -0.39 is 0 Å². The summed E-state index contributed by atoms with van der Waals surface area (Å²) in [5.74, 6) is 0.744. The molecule has 0 amide bonds. The van der Waals surface area contributed by atoms with Gasteiger partial charge in [0.1, 0.15) is 6.26 Å². The molecule has 0 spiro atoms. The van der Waals surface area contributed by atoms with Crippen LogP contribution in [0.25, 0.3) is 0 Å². The maximum Gasteiger partial charge on any atom is 0.191 e. The van der Waals surface area contributed by atoms with Crippen molar-refractivity contribution in [2.75, 3.05) is 0 Å². The number of oxazole rings is 1. The molecule has 0 N–H and O–H groups in total. The van der Waals surface area contributed by atoms with Gasteiger partial charge in [0.25, 0.3) is 0 Å². The zero-order chi connectivity index (χ0) is 9.80. The first kappa shape index (κ1) is 9.00. The molecule has 0 unspecified atom stereocenters. The maximum atomic E-state index is 5.14. The van der Waals surface area contributed by atoms with Crippen LogP contribution >= 0.6 is 0 Å². The summed E-state index contributed by atoms with van der Waals surface area (Å²) >= 11 is 0. The van der Waals surface area contributed by atoms with E-state index in [1.54, 1.807) is 6.26 Å². The van der Waals surface area contributed by atoms with Gasteiger partial charge in [-0.2, -0.15) is 0 Å². The van der Waals surface area contributed by atoms with Crippen molar-refractivity contribution in [2.45, 2.75) is 19.8 Å². The topological polar surface area (TPSA) is 26.0 Å². The highest BCUT2D eigenvalue weighted by atomic mass is 16.3. The van der Waals surface area contributed by atoms with Crippen molar-refractivity contribution in [3.8, 4) is 0 Å². The third-order valence-corrected chi connectivity index (χ3v) is 2.18. The van der Waals surface area contributed by atoms with Crippen LogP contribution < -0.4 is 0 Å². The summed E-state index contributed by atoms with van der Waals surface area (Å²) in [5.41, 5.74) is 2.37. The molecule has 0 aliphatic carbocycles. The van der Waals surface area contributed by atoms with Gasteiger partial charge in [-0.15, -0.1) is 0 Å². The number of hydrogen-bond acceptors (Lipinski definition) is 2. The first-order chi connectivity index (χ1) is 6.84. The van der Waals surface area contributed by atoms with Gasteiger partial charge in [-0.05, 0) is 18.4 Å². The van der Waals surface area contributed by atoms with E-state index in [9.17, 15) is 0 Å². The van der Waals surface area contributed by atoms with Crippen molar-refractivity contribution < 1.29 is 4.42 Å². The summed E-state index contributed by atoms with van der Waals surface area (Å²) in [5, 5.41) is 0. The number of hydrogen-bond donors (Lipinski definition) is 0. The van der Waals surface area contributed by atoms with Gasteiger partial charge in [-0.3, -0.25) is 0 Å². The Morgan fingerprint density at radius 3 is 2.57 bits per heavy atom. The van der Waals surface area contributed by atoms with E-state index in [1.807, 2.05) is 13.0 Å². The van der Waals surface area contributed by atoms with Crippen LogP contribution in [0.15, 0.2) is 41.0 Å². The third-order valence-electron chi connectivity index (χ3n) is 2.18. The summed E-state index contributed by atoms with van der Waals surface area (Å²) < 4.78 is 5.14. The van der Waals surface area contributed by atoms with Gasteiger partial charge in [-0.25, -0.2) is 4.98 Å². The van der Waals surface area contributed by atoms with E-state index in [4.69, 9.17) is 4.42 Å². The van der Waals surface area contributed by atoms with Crippen molar-refractivity contribution in [3.05, 3.63) is 53.7 Å². The van der Waals surface area contributed by atoms with E-state index in [0.29, 0.717) is 0 Å². The molecule has 0 bridgehead atoms. The molecule has 14 heavy (non-hydrogen) atoms. The first-order valence-electron chi connectivity index (χ1n) is 4.79. The van der Waals surface area contributed by atoms with Crippen molar-refractivity contribution in [1.29, 1.82) is 0 Å². The Morgan fingerprint density at radius 1 is 1.14 bits per heavy atom. The summed E-state index contributed by atoms with van der Waals surface area (Å²) in [6.45, 7) is 1.87. The third kappa shape index (κ3) is 2.22. The molecule has 0 saturated heterocycles. The van der Waals surface area contributed by atoms with E-state index in [0.717, 1.165) is 24.4 Å². The Hall–Kier alpha value is -1.57. The second-order valence-electron chi connectivity index (χ2n) is 3.34. The zero-order valence-corrected chi connectivity index (χ0v) is 8.23. The Balaban J connectivity index is 1.95. The van der Waals surface area contributed by atoms with Gasteiger partial charge in [0.2, 0.25) is 0 Å². The lowest BCUT2D eigenvalue weighted by atomic mass is 10.1. The predicted octanol–water partition coefficient (Wildman–Crippen LogP) is 2.77. The highest BCUT2D eigenvalue weighted by Crippen LogP contribution is 2.06. The molecule has 2 heteroatoms. The van der Waals surface area contributed by atoms with Crippen LogP contribution in [0.4, 0.5) is 0 Å². The average molecular weight is 187 g/mol. The van der Waals surface area contributed by atoms with Crippen molar-refractivity contribution >= 4 is 0 Å². The van der Waals surface area contributed by atoms with Gasteiger partial charge in [0.05, 0.1) is 5.69 Å². The second-order valence-corrected chi connectivity index (χ2v) is 3.34. The lowest BCUT2D eigenvalue weighted by Gasteiger charge is -1.97. The minimum absolute atomic E-state index is 0.744. The fourth-order valence-electron chi connectivity index (χ4n) is 1.44. The molecule has 0 radical (unpaired) electrons. The Morgan fingerprint density at radius 2 is 1.93 bits per heavy atom. The van der Waals surface area contributed by atoms with Crippen LogP contribution in [0.1, 0.15) is 17.1 Å². The number of rotatable bonds is 3. The van der Waals surface area contributed by atoms with Crippen LogP contribution in [-0.2, 0) is 12.8 Å². The number of aromatic nitrogens is 1. The highest BCUT2D eigenvalue weighted by Gasteiger charge is 1.99. The fourth-order valence-corrected chi connectivity index (χ4v) is 1.44. The van der Waals surface area contributed by atoms with Crippen LogP contribution in [0.5, 0.6) is 0 Å². The molecule has 1 aromatic carbocycles. The summed E-state index contributed by atoms with van der Waals surface area (Å²) in [6.07, 6.45) is 3.70. The fraction of sp³-hybridized carbons (Fsp3) is 0.250. The van der Waals surface area contributed by atoms with E-state index in [-0.39, 0.29) is 0 Å². The molecule has 2 rings (SSSR count). The number of benzene rings is 1. The SMILES string of the molecule is Cc1nc(CCc2ccccc2)co1. The molecular weight excluding hydrogens is 174 g/mol. The lowest BCUT2D eigenvalue weighted by molar-refractivity contribution is 0.520. The minimum Gasteiger partial charge on any atom is -0.449 e. The van der Waals surface area contributed by atoms with Gasteiger partial charge in [0.15, 0.2) is 5.89 Å². The molecule has 0 atom stereocenters. The molecule has 0 aliphatic heterocycles. The molecule has 1 heterocycles. The summed E-state index contributed by atoms with van der Waals surface area (Å²) in [4.78, 5) is 4.26. The van der Waals surface area contributed by atoms with Gasteiger partial charge in [-0.1, -0.05) is 30.3 Å². The lowest BCUT2D eigenvalue weighted by Crippen LogP contribution is -1.90. The van der Waals surface area contributed by atoms with E-state index >= 15 is 0 Å². The monoisotopic (exact) mass is 187 g/mol. The predicted molar refractivity (Wildman–Crippen MR) is 55.1 cm³/mol. The Bertz CT molecular complexity index is 392. The summed E-state index contributed by atoms with van der Waals surface area (Å²) in [6, 6.07) is 10.4. The smallest absolute Gasteiger partial charge is 0.191 e. The number of aryl methyl sites for hydroxylation is 3. The van der Waals surface area contributed by atoms with Crippen molar-refractivity contribution in [1.82, 2.24) is 4.98 Å². The molecule has 2 aromatic rings. The quantitative estimate of drug-likeness (QED) is 0.738. The first-order valence-corrected chi connectivity index (χ1v) is 4.79. The standard InChI is InChI=1S/C12H13NO/c1-10-13-12(9-14-10)8-7-11-5-3-2-4-6-11/h2-6,9H,7-8H2,1H3. The van der Waals surface area contributed by atoms with Gasteiger partial charge in [0, 0.05) is 6.92 Å². The van der Waals surface area contributed by atoms with Crippen LogP contribution in [0.2, 0.25) is 0 Å². The number of nitrogens with zero attached hydrogens (tertiary/aromatic N) is 1. The normalized spacial score (nSPS) is 10.4. The van der Waals surface area contributed by atoms with E-state index in [1.165, 1.54) is 5.56 Å². The van der Waals surface area contributed by atoms with Gasteiger partial charge >= 0.3 is 0 Å². The Labute approximate surface area is 83.6 Å². The molecular formula is C12H13NO. The Kier molecular flexibility index (Phi) is 2.63. The highest BCUT2D eigenvalue weighted by molar-refractivity contribution is 5.15. The van der Waals surface area contributed by atoms with Crippen molar-refractivity contribution in [2.24, 2.45) is 0 Å². The molecule has 0 saturated carbocycles. The van der Waals surface area contributed by atoms with E-state index in [2.05, 4.69) is 29.2 Å². The average Bonchev–Trinajstić information content (AvgIpc) is 2.63.